The van der Waals surface area contributed by atoms with Crippen molar-refractivity contribution in [3.63, 3.8) is 0 Å². The van der Waals surface area contributed by atoms with Crippen molar-refractivity contribution in [2.75, 3.05) is 0 Å². The molecule has 2 nitrogen and oxygen atoms in total. The van der Waals surface area contributed by atoms with Crippen molar-refractivity contribution in [3.8, 4) is 27.9 Å². The van der Waals surface area contributed by atoms with Gasteiger partial charge in [-0.15, -0.1) is 0 Å². The first-order valence-corrected chi connectivity index (χ1v) is 21.0. The minimum atomic E-state index is 0.182. The Hall–Kier alpha value is -7.68. The van der Waals surface area contributed by atoms with Crippen molar-refractivity contribution < 1.29 is 0 Å². The summed E-state index contributed by atoms with van der Waals surface area (Å²) in [4.78, 5) is 0. The molecule has 0 spiro atoms. The Morgan fingerprint density at radius 3 is 1.63 bits per heavy atom. The molecule has 0 saturated carbocycles. The van der Waals surface area contributed by atoms with Crippen molar-refractivity contribution in [2.45, 2.75) is 12.5 Å². The van der Waals surface area contributed by atoms with Gasteiger partial charge in [-0.2, -0.15) is 0 Å². The summed E-state index contributed by atoms with van der Waals surface area (Å²) in [7, 11) is 0. The summed E-state index contributed by atoms with van der Waals surface area (Å²) in [5.41, 5.74) is 13.7. The number of rotatable bonds is 5. The van der Waals surface area contributed by atoms with Crippen LogP contribution in [-0.4, -0.2) is 9.13 Å². The predicted molar refractivity (Wildman–Crippen MR) is 256 cm³/mol. The third-order valence-corrected chi connectivity index (χ3v) is 13.2. The van der Waals surface area contributed by atoms with Gasteiger partial charge in [0.25, 0.3) is 0 Å². The van der Waals surface area contributed by atoms with Crippen molar-refractivity contribution in [2.24, 2.45) is 0 Å². The van der Waals surface area contributed by atoms with E-state index in [2.05, 4.69) is 221 Å². The zero-order valence-electron chi connectivity index (χ0n) is 32.9. The Kier molecular flexibility index (Phi) is 7.17. The van der Waals surface area contributed by atoms with Crippen molar-refractivity contribution in [1.29, 1.82) is 0 Å². The van der Waals surface area contributed by atoms with E-state index in [0.29, 0.717) is 0 Å². The quantitative estimate of drug-likeness (QED) is 0.155. The number of nitrogens with zero attached hydrogens (tertiary/aromatic N) is 2. The average molecular weight is 763 g/mol. The van der Waals surface area contributed by atoms with Crippen LogP contribution < -0.4 is 0 Å². The predicted octanol–water partition coefficient (Wildman–Crippen LogP) is 15.7. The molecule has 60 heavy (non-hydrogen) atoms. The van der Waals surface area contributed by atoms with Gasteiger partial charge in [0.2, 0.25) is 0 Å². The fourth-order valence-corrected chi connectivity index (χ4v) is 10.6. The molecule has 12 aromatic rings. The average Bonchev–Trinajstić information content (AvgIpc) is 3.84. The lowest BCUT2D eigenvalue weighted by Crippen LogP contribution is -2.08. The summed E-state index contributed by atoms with van der Waals surface area (Å²) in [6.45, 7) is 0. The first kappa shape index (κ1) is 33.3. The van der Waals surface area contributed by atoms with Crippen LogP contribution in [-0.2, 0) is 0 Å². The number of allylic oxidation sites excluding steroid dienone is 4. The van der Waals surface area contributed by atoms with Gasteiger partial charge in [0.05, 0.1) is 17.1 Å². The highest BCUT2D eigenvalue weighted by atomic mass is 15.0. The van der Waals surface area contributed by atoms with Crippen LogP contribution in [0.5, 0.6) is 0 Å². The number of aromatic nitrogens is 2. The number of para-hydroxylation sites is 4. The normalized spacial score (nSPS) is 14.5. The highest BCUT2D eigenvalue weighted by molar-refractivity contribution is 6.29. The van der Waals surface area contributed by atoms with Gasteiger partial charge in [0.15, 0.2) is 0 Å². The van der Waals surface area contributed by atoms with Crippen LogP contribution in [0.3, 0.4) is 0 Å². The second-order valence-electron chi connectivity index (χ2n) is 16.3. The molecule has 0 aliphatic heterocycles. The molecule has 0 bridgehead atoms. The second kappa shape index (κ2) is 12.9. The Morgan fingerprint density at radius 2 is 0.933 bits per heavy atom. The van der Waals surface area contributed by atoms with Crippen LogP contribution in [0.1, 0.15) is 18.0 Å². The fraction of sp³-hybridized carbons (Fsp3) is 0.0345. The smallest absolute Gasteiger partial charge is 0.0566 e. The summed E-state index contributed by atoms with van der Waals surface area (Å²) in [5, 5.41) is 12.9. The molecule has 0 radical (unpaired) electrons. The van der Waals surface area contributed by atoms with Crippen LogP contribution in [0.15, 0.2) is 212 Å². The molecule has 1 unspecified atom stereocenters. The summed E-state index contributed by atoms with van der Waals surface area (Å²) in [6.07, 6.45) is 8.20. The van der Waals surface area contributed by atoms with E-state index in [-0.39, 0.29) is 6.04 Å². The SMILES string of the molecule is C1=CC(c2cc(-c3ccccc3)c3ccc4c(-c5cccc(-n6c7ccccc7c7ccccc76)c5)ccc5ccc2c3c54)=CC(n2c3ccccc3c3ccccc32)C1. The highest BCUT2D eigenvalue weighted by Crippen LogP contribution is 2.47. The molecule has 280 valence electrons. The zero-order chi connectivity index (χ0) is 39.3. The molecular formula is C58H38N2. The maximum Gasteiger partial charge on any atom is 0.0566 e. The van der Waals surface area contributed by atoms with E-state index in [1.807, 2.05) is 0 Å². The van der Waals surface area contributed by atoms with E-state index in [0.717, 1.165) is 12.1 Å². The molecule has 1 atom stereocenters. The topological polar surface area (TPSA) is 9.86 Å². The van der Waals surface area contributed by atoms with Gasteiger partial charge in [-0.05, 0) is 115 Å². The molecule has 2 aromatic heterocycles. The second-order valence-corrected chi connectivity index (χ2v) is 16.3. The Balaban J connectivity index is 1.04. The summed E-state index contributed by atoms with van der Waals surface area (Å²) >= 11 is 0. The lowest BCUT2D eigenvalue weighted by atomic mass is 9.83. The molecule has 0 N–H and O–H groups in total. The van der Waals surface area contributed by atoms with Gasteiger partial charge in [-0.25, -0.2) is 0 Å². The van der Waals surface area contributed by atoms with E-state index in [1.54, 1.807) is 0 Å². The van der Waals surface area contributed by atoms with Gasteiger partial charge in [-0.3, -0.25) is 0 Å². The Labute approximate surface area is 347 Å². The molecule has 1 aliphatic rings. The lowest BCUT2D eigenvalue weighted by molar-refractivity contribution is 0.650. The molecule has 1 aliphatic carbocycles. The van der Waals surface area contributed by atoms with Crippen molar-refractivity contribution in [1.82, 2.24) is 9.13 Å². The Morgan fingerprint density at radius 1 is 0.383 bits per heavy atom. The van der Waals surface area contributed by atoms with Crippen LogP contribution in [0.2, 0.25) is 0 Å². The maximum absolute atomic E-state index is 2.56. The van der Waals surface area contributed by atoms with Gasteiger partial charge in [0, 0.05) is 38.3 Å². The van der Waals surface area contributed by atoms with Crippen LogP contribution in [0.4, 0.5) is 0 Å². The number of hydrogen-bond donors (Lipinski definition) is 0. The molecule has 13 rings (SSSR count). The highest BCUT2D eigenvalue weighted by Gasteiger charge is 2.23. The van der Waals surface area contributed by atoms with E-state index < -0.39 is 0 Å². The first-order chi connectivity index (χ1) is 29.8. The largest absolute Gasteiger partial charge is 0.333 e. The summed E-state index contributed by atoms with van der Waals surface area (Å²) < 4.78 is 4.97. The molecule has 0 fully saturated rings. The molecule has 10 aromatic carbocycles. The van der Waals surface area contributed by atoms with E-state index in [4.69, 9.17) is 0 Å². The van der Waals surface area contributed by atoms with Crippen LogP contribution in [0, 0.1) is 0 Å². The van der Waals surface area contributed by atoms with Gasteiger partial charge in [-0.1, -0.05) is 170 Å². The minimum absolute atomic E-state index is 0.182. The van der Waals surface area contributed by atoms with Gasteiger partial charge in [0.1, 0.15) is 0 Å². The van der Waals surface area contributed by atoms with Crippen LogP contribution >= 0.6 is 0 Å². The lowest BCUT2D eigenvalue weighted by Gasteiger charge is -2.24. The van der Waals surface area contributed by atoms with E-state index in [1.165, 1.54) is 109 Å². The molecule has 2 heterocycles. The molecule has 0 saturated heterocycles. The minimum Gasteiger partial charge on any atom is -0.333 e. The number of hydrogen-bond acceptors (Lipinski definition) is 0. The third kappa shape index (κ3) is 4.82. The van der Waals surface area contributed by atoms with E-state index in [9.17, 15) is 0 Å². The maximum atomic E-state index is 2.56. The van der Waals surface area contributed by atoms with E-state index >= 15 is 0 Å². The standard InChI is InChI=1S/C58H38N2/c1-2-14-37(15-3-1)51-36-52(40-17-13-19-42(35-40)60-55-26-10-6-22-46(55)47-23-7-11-27-56(47)60)49-31-29-38-28-30-43(48-32-33-50(51)58(49)57(38)48)39-16-12-18-41(34-39)59-53-24-8-4-20-44(53)45-21-5-9-25-54(45)59/h1-18,20-36,42H,19H2. The summed E-state index contributed by atoms with van der Waals surface area (Å²) in [5.74, 6) is 0. The molecule has 2 heteroatoms. The molecule has 0 amide bonds. The van der Waals surface area contributed by atoms with Crippen LogP contribution in [0.25, 0.3) is 109 Å². The number of benzene rings is 10. The van der Waals surface area contributed by atoms with Crippen molar-refractivity contribution in [3.05, 3.63) is 218 Å². The van der Waals surface area contributed by atoms with Crippen molar-refractivity contribution >= 4 is 81.5 Å². The summed E-state index contributed by atoms with van der Waals surface area (Å²) in [6, 6.07) is 72.1. The van der Waals surface area contributed by atoms with Gasteiger partial charge >= 0.3 is 0 Å². The fourth-order valence-electron chi connectivity index (χ4n) is 10.6. The monoisotopic (exact) mass is 762 g/mol. The third-order valence-electron chi connectivity index (χ3n) is 13.2. The number of fused-ring (bicyclic) bond motifs is 6. The van der Waals surface area contributed by atoms with Gasteiger partial charge < -0.3 is 9.13 Å². The zero-order valence-corrected chi connectivity index (χ0v) is 32.9. The first-order valence-electron chi connectivity index (χ1n) is 21.0. The Bertz CT molecular complexity index is 3640. The molecular weight excluding hydrogens is 725 g/mol.